The van der Waals surface area contributed by atoms with E-state index < -0.39 is 5.97 Å². The highest BCUT2D eigenvalue weighted by molar-refractivity contribution is 7.99. The van der Waals surface area contributed by atoms with Gasteiger partial charge in [0.15, 0.2) is 0 Å². The van der Waals surface area contributed by atoms with Crippen molar-refractivity contribution >= 4 is 46.8 Å². The number of esters is 1. The normalized spacial score (nSPS) is 14.8. The van der Waals surface area contributed by atoms with Gasteiger partial charge < -0.3 is 20.9 Å². The first-order valence-corrected chi connectivity index (χ1v) is 18.4. The van der Waals surface area contributed by atoms with E-state index in [0.717, 1.165) is 28.9 Å². The zero-order chi connectivity index (χ0) is 36.1. The second kappa shape index (κ2) is 15.4. The van der Waals surface area contributed by atoms with Gasteiger partial charge in [-0.2, -0.15) is 0 Å². The smallest absolute Gasteiger partial charge is 0.339 e. The first-order chi connectivity index (χ1) is 23.8. The highest BCUT2D eigenvalue weighted by atomic mass is 32.2. The molecule has 50 heavy (non-hydrogen) atoms. The molecule has 0 bridgehead atoms. The van der Waals surface area contributed by atoms with Crippen molar-refractivity contribution in [3.05, 3.63) is 117 Å². The molecular weight excluding hydrogens is 661 g/mol. The molecule has 2 aliphatic rings. The maximum atomic E-state index is 11.8. The van der Waals surface area contributed by atoms with Gasteiger partial charge in [0, 0.05) is 50.5 Å². The summed E-state index contributed by atoms with van der Waals surface area (Å²) in [5, 5.41) is 12.0. The number of rotatable bonds is 3. The van der Waals surface area contributed by atoms with E-state index in [0.29, 0.717) is 16.8 Å². The minimum atomic E-state index is -1.03. The van der Waals surface area contributed by atoms with Crippen LogP contribution in [-0.4, -0.2) is 42.7 Å². The summed E-state index contributed by atoms with van der Waals surface area (Å²) in [5.74, 6) is 13.6. The van der Waals surface area contributed by atoms with E-state index in [1.54, 1.807) is 25.2 Å². The molecule has 6 nitrogen and oxygen atoms in total. The second-order valence-electron chi connectivity index (χ2n) is 13.5. The van der Waals surface area contributed by atoms with E-state index in [1.807, 2.05) is 41.7 Å². The average molecular weight is 703 g/mol. The van der Waals surface area contributed by atoms with Crippen molar-refractivity contribution in [2.75, 3.05) is 36.7 Å². The fraction of sp³-hybridized carbons (Fsp3) is 0.286. The fourth-order valence-electron chi connectivity index (χ4n) is 5.87. The number of carbonyl (C=O) groups is 2. The molecule has 0 atom stereocenters. The minimum absolute atomic E-state index is 0.105. The zero-order valence-corrected chi connectivity index (χ0v) is 31.0. The molecule has 2 heterocycles. The number of methoxy groups -OCH3 is 1. The number of aromatic carboxylic acids is 1. The fourth-order valence-corrected chi connectivity index (χ4v) is 8.84. The van der Waals surface area contributed by atoms with E-state index in [1.165, 1.54) is 46.3 Å². The van der Waals surface area contributed by atoms with E-state index in [-0.39, 0.29) is 28.1 Å². The topological polar surface area (TPSA) is 102 Å². The van der Waals surface area contributed by atoms with Gasteiger partial charge in [0.05, 0.1) is 18.2 Å². The maximum Gasteiger partial charge on any atom is 0.339 e. The van der Waals surface area contributed by atoms with E-state index in [9.17, 15) is 9.59 Å². The van der Waals surface area contributed by atoms with Crippen LogP contribution < -0.4 is 11.1 Å². The van der Waals surface area contributed by atoms with Gasteiger partial charge in [-0.15, -0.1) is 23.5 Å². The third-order valence-electron chi connectivity index (χ3n) is 9.07. The number of hydrogen-bond acceptors (Lipinski definition) is 7. The molecule has 4 aromatic rings. The summed E-state index contributed by atoms with van der Waals surface area (Å²) in [5.41, 5.74) is 14.0. The van der Waals surface area contributed by atoms with Crippen LogP contribution in [0.4, 0.5) is 11.4 Å². The van der Waals surface area contributed by atoms with Crippen molar-refractivity contribution < 1.29 is 19.4 Å². The maximum absolute atomic E-state index is 11.8. The Labute approximate surface area is 304 Å². The van der Waals surface area contributed by atoms with Gasteiger partial charge in [0.2, 0.25) is 0 Å². The van der Waals surface area contributed by atoms with Crippen LogP contribution in [0.2, 0.25) is 0 Å². The van der Waals surface area contributed by atoms with Crippen LogP contribution in [-0.2, 0) is 15.6 Å². The van der Waals surface area contributed by atoms with Crippen molar-refractivity contribution in [1.29, 1.82) is 0 Å². The van der Waals surface area contributed by atoms with E-state index in [2.05, 4.69) is 87.0 Å². The molecule has 0 saturated carbocycles. The average Bonchev–Trinajstić information content (AvgIpc) is 3.09. The number of nitrogens with one attached hydrogen (secondary N) is 1. The zero-order valence-electron chi connectivity index (χ0n) is 29.3. The SMILES string of the molecule is CC1(C)CCSc2ccc(C#Cc3ccc(C(=O)O)c(N)c3)cc21.CNc1cc(C#Cc2ccc3c(c2)C(C)(C)CCS3)ccc1C(=O)OC. The number of benzene rings is 4. The molecule has 0 amide bonds. The lowest BCUT2D eigenvalue weighted by molar-refractivity contribution is 0.0601. The second-order valence-corrected chi connectivity index (χ2v) is 15.8. The van der Waals surface area contributed by atoms with Crippen LogP contribution in [0.5, 0.6) is 0 Å². The monoisotopic (exact) mass is 702 g/mol. The Hall–Kier alpha value is -4.76. The van der Waals surface area contributed by atoms with Gasteiger partial charge in [-0.05, 0) is 119 Å². The molecule has 2 aliphatic heterocycles. The Bertz CT molecular complexity index is 2080. The number of hydrogen-bond donors (Lipinski definition) is 3. The summed E-state index contributed by atoms with van der Waals surface area (Å²) in [4.78, 5) is 25.5. The highest BCUT2D eigenvalue weighted by Gasteiger charge is 2.28. The molecule has 0 aliphatic carbocycles. The number of thioether (sulfide) groups is 2. The van der Waals surface area contributed by atoms with Crippen molar-refractivity contribution in [3.8, 4) is 23.7 Å². The lowest BCUT2D eigenvalue weighted by Gasteiger charge is -2.32. The van der Waals surface area contributed by atoms with Crippen molar-refractivity contribution in [3.63, 3.8) is 0 Å². The third-order valence-corrected chi connectivity index (χ3v) is 11.2. The van der Waals surface area contributed by atoms with Crippen molar-refractivity contribution in [1.82, 2.24) is 0 Å². The summed E-state index contributed by atoms with van der Waals surface area (Å²) >= 11 is 3.83. The number of nitrogen functional groups attached to an aromatic ring is 1. The standard InChI is InChI=1S/C22H23NO2S.C20H19NO2S/c1-22(2)11-12-26-20-10-8-15(13-18(20)22)5-6-16-7-9-17(21(24)25-4)19(14-16)23-3;1-20(2)9-10-24-18-8-6-13(11-16(18)20)3-4-14-5-7-15(19(22)23)17(21)12-14/h7-10,13-14,23H,11-12H2,1-4H3;5-8,11-12H,9-10,21H2,1-2H3,(H,22,23). The Balaban J connectivity index is 0.000000195. The molecule has 0 unspecified atom stereocenters. The van der Waals surface area contributed by atoms with E-state index >= 15 is 0 Å². The van der Waals surface area contributed by atoms with Gasteiger partial charge in [-0.25, -0.2) is 9.59 Å². The molecule has 0 spiro atoms. The molecule has 8 heteroatoms. The Morgan fingerprint density at radius 1 is 0.720 bits per heavy atom. The highest BCUT2D eigenvalue weighted by Crippen LogP contribution is 2.42. The molecule has 0 saturated heterocycles. The van der Waals surface area contributed by atoms with Crippen LogP contribution in [0.1, 0.15) is 94.6 Å². The quantitative estimate of drug-likeness (QED) is 0.111. The Morgan fingerprint density at radius 3 is 1.60 bits per heavy atom. The van der Waals surface area contributed by atoms with Crippen LogP contribution in [0.25, 0.3) is 0 Å². The molecule has 6 rings (SSSR count). The molecule has 4 N–H and O–H groups in total. The van der Waals surface area contributed by atoms with Gasteiger partial charge in [0.1, 0.15) is 0 Å². The number of carboxylic acid groups (broad SMARTS) is 1. The van der Waals surface area contributed by atoms with Gasteiger partial charge in [-0.1, -0.05) is 51.4 Å². The number of carbonyl (C=O) groups excluding carboxylic acids is 1. The number of carboxylic acids is 1. The largest absolute Gasteiger partial charge is 0.478 e. The van der Waals surface area contributed by atoms with Gasteiger partial charge in [-0.3, -0.25) is 0 Å². The van der Waals surface area contributed by atoms with Gasteiger partial charge >= 0.3 is 11.9 Å². The number of fused-ring (bicyclic) bond motifs is 2. The van der Waals surface area contributed by atoms with Crippen molar-refractivity contribution in [2.24, 2.45) is 0 Å². The minimum Gasteiger partial charge on any atom is -0.478 e. The van der Waals surface area contributed by atoms with Crippen LogP contribution in [0.3, 0.4) is 0 Å². The van der Waals surface area contributed by atoms with Crippen LogP contribution in [0, 0.1) is 23.7 Å². The number of ether oxygens (including phenoxy) is 1. The third kappa shape index (κ3) is 8.51. The lowest BCUT2D eigenvalue weighted by Crippen LogP contribution is -2.22. The predicted molar refractivity (Wildman–Crippen MR) is 207 cm³/mol. The molecule has 4 aromatic carbocycles. The molecule has 256 valence electrons. The molecular formula is C42H42N2O4S2. The summed E-state index contributed by atoms with van der Waals surface area (Å²) in [6.45, 7) is 9.14. The summed E-state index contributed by atoms with van der Waals surface area (Å²) in [7, 11) is 3.16. The van der Waals surface area contributed by atoms with Crippen molar-refractivity contribution in [2.45, 2.75) is 61.2 Å². The predicted octanol–water partition coefficient (Wildman–Crippen LogP) is 8.83. The molecule has 0 fully saturated rings. The lowest BCUT2D eigenvalue weighted by atomic mass is 9.81. The number of anilines is 2. The molecule has 0 aromatic heterocycles. The van der Waals surface area contributed by atoms with E-state index in [4.69, 9.17) is 15.6 Å². The first kappa shape index (κ1) is 36.5. The Kier molecular flexibility index (Phi) is 11.3. The summed E-state index contributed by atoms with van der Waals surface area (Å²) in [6, 6.07) is 23.1. The first-order valence-electron chi connectivity index (χ1n) is 16.4. The van der Waals surface area contributed by atoms with Crippen LogP contribution >= 0.6 is 23.5 Å². The Morgan fingerprint density at radius 2 is 1.16 bits per heavy atom. The van der Waals surface area contributed by atoms with Gasteiger partial charge in [0.25, 0.3) is 0 Å². The summed E-state index contributed by atoms with van der Waals surface area (Å²) in [6.07, 6.45) is 2.34. The summed E-state index contributed by atoms with van der Waals surface area (Å²) < 4.78 is 4.80. The van der Waals surface area contributed by atoms with Crippen LogP contribution in [0.15, 0.2) is 82.6 Å². The number of nitrogens with two attached hydrogens (primary N) is 1. The molecule has 0 radical (unpaired) electrons.